The van der Waals surface area contributed by atoms with Gasteiger partial charge < -0.3 is 4.74 Å². The van der Waals surface area contributed by atoms with Crippen LogP contribution in [0.2, 0.25) is 0 Å². The Bertz CT molecular complexity index is 221. The van der Waals surface area contributed by atoms with E-state index < -0.39 is 0 Å². The molecule has 0 amide bonds. The van der Waals surface area contributed by atoms with Gasteiger partial charge in [-0.05, 0) is 45.4 Å². The molecular weight excluding hydrogens is 200 g/mol. The molecule has 1 aliphatic rings. The molecule has 0 spiro atoms. The van der Waals surface area contributed by atoms with Crippen molar-refractivity contribution in [2.45, 2.75) is 70.8 Å². The van der Waals surface area contributed by atoms with Gasteiger partial charge in [0.1, 0.15) is 0 Å². The second kappa shape index (κ2) is 8.37. The van der Waals surface area contributed by atoms with Gasteiger partial charge in [-0.2, -0.15) is 0 Å². The Morgan fingerprint density at radius 1 is 1.06 bits per heavy atom. The first-order valence-corrected chi connectivity index (χ1v) is 6.63. The van der Waals surface area contributed by atoms with Crippen LogP contribution in [0.3, 0.4) is 0 Å². The molecule has 1 aliphatic heterocycles. The minimum atomic E-state index is -0.0297. The largest absolute Gasteiger partial charge is 0.463 e. The molecular formula is C14H24O2. The van der Waals surface area contributed by atoms with Crippen LogP contribution in [0, 0.1) is 0 Å². The molecule has 16 heavy (non-hydrogen) atoms. The summed E-state index contributed by atoms with van der Waals surface area (Å²) in [6.07, 6.45) is 14.3. The fourth-order valence-electron chi connectivity index (χ4n) is 1.99. The van der Waals surface area contributed by atoms with Gasteiger partial charge in [0.05, 0.1) is 6.10 Å². The Balaban J connectivity index is 2.31. The molecule has 0 aromatic heterocycles. The Morgan fingerprint density at radius 2 is 1.75 bits per heavy atom. The first-order valence-electron chi connectivity index (χ1n) is 6.63. The van der Waals surface area contributed by atoms with Gasteiger partial charge >= 0.3 is 5.97 Å². The highest BCUT2D eigenvalue weighted by Gasteiger charge is 2.08. The fraction of sp³-hybridized carbons (Fsp3) is 0.786. The van der Waals surface area contributed by atoms with E-state index >= 15 is 0 Å². The van der Waals surface area contributed by atoms with Gasteiger partial charge in [0.2, 0.25) is 0 Å². The molecule has 1 unspecified atom stereocenters. The lowest BCUT2D eigenvalue weighted by molar-refractivity contribution is -0.148. The molecule has 2 heteroatoms. The van der Waals surface area contributed by atoms with E-state index in [1.54, 1.807) is 0 Å². The van der Waals surface area contributed by atoms with Gasteiger partial charge in [-0.25, -0.2) is 0 Å². The zero-order chi connectivity index (χ0) is 11.6. The molecule has 0 saturated heterocycles. The maximum Gasteiger partial charge on any atom is 0.306 e. The van der Waals surface area contributed by atoms with Crippen LogP contribution in [0.15, 0.2) is 12.2 Å². The number of hydrogen-bond donors (Lipinski definition) is 0. The lowest BCUT2D eigenvalue weighted by atomic mass is 10.1. The second-order valence-corrected chi connectivity index (χ2v) is 4.66. The normalized spacial score (nSPS) is 25.8. The van der Waals surface area contributed by atoms with Crippen LogP contribution in [-0.2, 0) is 9.53 Å². The average molecular weight is 224 g/mol. The van der Waals surface area contributed by atoms with Crippen LogP contribution in [0.1, 0.15) is 64.7 Å². The maximum absolute atomic E-state index is 11.4. The number of rotatable bonds is 0. The van der Waals surface area contributed by atoms with Crippen LogP contribution < -0.4 is 0 Å². The Hall–Kier alpha value is -0.790. The predicted molar refractivity (Wildman–Crippen MR) is 66.2 cm³/mol. The highest BCUT2D eigenvalue weighted by atomic mass is 16.5. The lowest BCUT2D eigenvalue weighted by Gasteiger charge is -2.13. The summed E-state index contributed by atoms with van der Waals surface area (Å²) in [5, 5.41) is 0. The summed E-state index contributed by atoms with van der Waals surface area (Å²) in [4.78, 5) is 11.4. The molecule has 1 rings (SSSR count). The highest BCUT2D eigenvalue weighted by molar-refractivity contribution is 5.69. The molecule has 0 aromatic rings. The van der Waals surface area contributed by atoms with Crippen molar-refractivity contribution in [2.24, 2.45) is 0 Å². The van der Waals surface area contributed by atoms with Crippen molar-refractivity contribution in [3.63, 3.8) is 0 Å². The fourth-order valence-corrected chi connectivity index (χ4v) is 1.99. The van der Waals surface area contributed by atoms with E-state index in [0.29, 0.717) is 6.42 Å². The van der Waals surface area contributed by atoms with Gasteiger partial charge in [0.25, 0.3) is 0 Å². The third-order valence-corrected chi connectivity index (χ3v) is 2.98. The Morgan fingerprint density at radius 3 is 2.56 bits per heavy atom. The average Bonchev–Trinajstić information content (AvgIpc) is 2.25. The molecule has 0 saturated carbocycles. The van der Waals surface area contributed by atoms with Crippen LogP contribution in [0.25, 0.3) is 0 Å². The van der Waals surface area contributed by atoms with Gasteiger partial charge in [-0.15, -0.1) is 0 Å². The van der Waals surface area contributed by atoms with Crippen molar-refractivity contribution in [2.75, 3.05) is 0 Å². The number of cyclic esters (lactones) is 1. The summed E-state index contributed by atoms with van der Waals surface area (Å²) < 4.78 is 5.33. The standard InChI is InChI=1S/C14H24O2/c1-13-11-9-7-5-3-2-4-6-8-10-12-14(15)16-13/h4,6,13H,2-3,5,7-12H2,1H3. The van der Waals surface area contributed by atoms with Crippen molar-refractivity contribution < 1.29 is 9.53 Å². The van der Waals surface area contributed by atoms with E-state index in [-0.39, 0.29) is 12.1 Å². The summed E-state index contributed by atoms with van der Waals surface area (Å²) in [5.74, 6) is -0.0297. The lowest BCUT2D eigenvalue weighted by Crippen LogP contribution is -2.14. The number of carbonyl (C=O) groups is 1. The molecule has 1 heterocycles. The van der Waals surface area contributed by atoms with Crippen molar-refractivity contribution in [1.29, 1.82) is 0 Å². The SMILES string of the molecule is CC1CCCCCCC=CCCCC(=O)O1. The number of ether oxygens (including phenoxy) is 1. The van der Waals surface area contributed by atoms with Gasteiger partial charge in [-0.1, -0.05) is 25.0 Å². The molecule has 0 aromatic carbocycles. The first kappa shape index (κ1) is 13.3. The number of allylic oxidation sites excluding steroid dienone is 2. The molecule has 0 aliphatic carbocycles. The molecule has 1 atom stereocenters. The van der Waals surface area contributed by atoms with Crippen LogP contribution in [0.4, 0.5) is 0 Å². The topological polar surface area (TPSA) is 26.3 Å². The number of hydrogen-bond acceptors (Lipinski definition) is 2. The van der Waals surface area contributed by atoms with E-state index in [4.69, 9.17) is 4.74 Å². The van der Waals surface area contributed by atoms with E-state index in [9.17, 15) is 4.79 Å². The zero-order valence-corrected chi connectivity index (χ0v) is 10.4. The molecule has 0 fully saturated rings. The minimum absolute atomic E-state index is 0.0297. The van der Waals surface area contributed by atoms with E-state index in [2.05, 4.69) is 12.2 Å². The van der Waals surface area contributed by atoms with Gasteiger partial charge in [0, 0.05) is 6.42 Å². The van der Waals surface area contributed by atoms with Gasteiger partial charge in [0.15, 0.2) is 0 Å². The van der Waals surface area contributed by atoms with E-state index in [0.717, 1.165) is 19.3 Å². The van der Waals surface area contributed by atoms with E-state index in [1.165, 1.54) is 32.1 Å². The quantitative estimate of drug-likeness (QED) is 0.459. The highest BCUT2D eigenvalue weighted by Crippen LogP contribution is 2.12. The van der Waals surface area contributed by atoms with Crippen molar-refractivity contribution in [3.8, 4) is 0 Å². The van der Waals surface area contributed by atoms with Crippen molar-refractivity contribution >= 4 is 5.97 Å². The van der Waals surface area contributed by atoms with Gasteiger partial charge in [-0.3, -0.25) is 4.79 Å². The maximum atomic E-state index is 11.4. The zero-order valence-electron chi connectivity index (χ0n) is 10.4. The summed E-state index contributed by atoms with van der Waals surface area (Å²) >= 11 is 0. The summed E-state index contributed by atoms with van der Waals surface area (Å²) in [6.45, 7) is 2.00. The number of carbonyl (C=O) groups excluding carboxylic acids is 1. The molecule has 0 N–H and O–H groups in total. The molecule has 2 nitrogen and oxygen atoms in total. The third-order valence-electron chi connectivity index (χ3n) is 2.98. The Labute approximate surface area is 99.1 Å². The first-order chi connectivity index (χ1) is 7.79. The summed E-state index contributed by atoms with van der Waals surface area (Å²) in [7, 11) is 0. The van der Waals surface area contributed by atoms with Crippen LogP contribution in [0.5, 0.6) is 0 Å². The monoisotopic (exact) mass is 224 g/mol. The van der Waals surface area contributed by atoms with Crippen molar-refractivity contribution in [1.82, 2.24) is 0 Å². The number of esters is 1. The molecule has 0 bridgehead atoms. The van der Waals surface area contributed by atoms with Crippen molar-refractivity contribution in [3.05, 3.63) is 12.2 Å². The van der Waals surface area contributed by atoms with Crippen LogP contribution >= 0.6 is 0 Å². The summed E-state index contributed by atoms with van der Waals surface area (Å²) in [6, 6.07) is 0. The minimum Gasteiger partial charge on any atom is -0.463 e. The van der Waals surface area contributed by atoms with E-state index in [1.807, 2.05) is 6.92 Å². The van der Waals surface area contributed by atoms with Crippen LogP contribution in [-0.4, -0.2) is 12.1 Å². The Kier molecular flexibility index (Phi) is 6.95. The second-order valence-electron chi connectivity index (χ2n) is 4.66. The smallest absolute Gasteiger partial charge is 0.306 e. The summed E-state index contributed by atoms with van der Waals surface area (Å²) in [5.41, 5.74) is 0. The molecule has 0 radical (unpaired) electrons. The molecule has 92 valence electrons. The third kappa shape index (κ3) is 6.65. The predicted octanol–water partition coefficient (Wildman–Crippen LogP) is 4.00.